The van der Waals surface area contributed by atoms with Crippen molar-refractivity contribution in [3.8, 4) is 0 Å². The molecular formula is C11H9F2NO2. The van der Waals surface area contributed by atoms with Crippen LogP contribution in [-0.4, -0.2) is 15.6 Å². The van der Waals surface area contributed by atoms with E-state index in [1.165, 1.54) is 18.5 Å². The molecule has 0 atom stereocenters. The van der Waals surface area contributed by atoms with E-state index in [4.69, 9.17) is 5.11 Å². The lowest BCUT2D eigenvalue weighted by Gasteiger charge is -1.99. The minimum Gasteiger partial charge on any atom is -0.478 e. The molecule has 0 aliphatic rings. The number of carbonyl (C=O) groups is 1. The average molecular weight is 225 g/mol. The highest BCUT2D eigenvalue weighted by molar-refractivity contribution is 6.05. The summed E-state index contributed by atoms with van der Waals surface area (Å²) in [6.07, 6.45) is 0. The Kier molecular flexibility index (Phi) is 2.18. The molecule has 0 unspecified atom stereocenters. The number of carboxylic acids is 1. The van der Waals surface area contributed by atoms with Gasteiger partial charge in [0.05, 0.1) is 16.5 Å². The third-order valence-corrected chi connectivity index (χ3v) is 2.74. The molecule has 0 spiro atoms. The summed E-state index contributed by atoms with van der Waals surface area (Å²) >= 11 is 0. The number of halogens is 2. The highest BCUT2D eigenvalue weighted by Gasteiger charge is 2.22. The van der Waals surface area contributed by atoms with Gasteiger partial charge in [0.15, 0.2) is 0 Å². The van der Waals surface area contributed by atoms with Crippen LogP contribution in [0, 0.1) is 18.6 Å². The van der Waals surface area contributed by atoms with Gasteiger partial charge in [0.25, 0.3) is 0 Å². The lowest BCUT2D eigenvalue weighted by atomic mass is 10.1. The van der Waals surface area contributed by atoms with Gasteiger partial charge in [-0.25, -0.2) is 13.6 Å². The van der Waals surface area contributed by atoms with Crippen molar-refractivity contribution >= 4 is 16.9 Å². The Morgan fingerprint density at radius 3 is 2.44 bits per heavy atom. The Morgan fingerprint density at radius 1 is 1.31 bits per heavy atom. The number of aromatic nitrogens is 1. The molecule has 1 aromatic carbocycles. The third kappa shape index (κ3) is 1.21. The molecule has 1 N–H and O–H groups in total. The SMILES string of the molecule is Cc1c(C(=O)O)c2c(F)ccc(F)c2n1C. The molecule has 84 valence electrons. The van der Waals surface area contributed by atoms with E-state index in [1.54, 1.807) is 0 Å². The quantitative estimate of drug-likeness (QED) is 0.810. The van der Waals surface area contributed by atoms with E-state index in [1.807, 2.05) is 0 Å². The smallest absolute Gasteiger partial charge is 0.338 e. The molecule has 0 amide bonds. The van der Waals surface area contributed by atoms with Crippen molar-refractivity contribution in [1.29, 1.82) is 0 Å². The molecule has 1 heterocycles. The molecular weight excluding hydrogens is 216 g/mol. The summed E-state index contributed by atoms with van der Waals surface area (Å²) in [5.74, 6) is -2.61. The third-order valence-electron chi connectivity index (χ3n) is 2.74. The van der Waals surface area contributed by atoms with Gasteiger partial charge in [-0.1, -0.05) is 0 Å². The first-order valence-corrected chi connectivity index (χ1v) is 4.61. The first-order chi connectivity index (χ1) is 7.45. The molecule has 16 heavy (non-hydrogen) atoms. The zero-order valence-corrected chi connectivity index (χ0v) is 8.71. The fourth-order valence-corrected chi connectivity index (χ4v) is 1.88. The molecule has 0 radical (unpaired) electrons. The van der Waals surface area contributed by atoms with Gasteiger partial charge in [-0.15, -0.1) is 0 Å². The summed E-state index contributed by atoms with van der Waals surface area (Å²) < 4.78 is 28.4. The summed E-state index contributed by atoms with van der Waals surface area (Å²) in [4.78, 5) is 11.0. The number of aryl methyl sites for hydroxylation is 1. The van der Waals surface area contributed by atoms with Crippen LogP contribution in [0.1, 0.15) is 16.1 Å². The summed E-state index contributed by atoms with van der Waals surface area (Å²) in [6.45, 7) is 1.52. The highest BCUT2D eigenvalue weighted by atomic mass is 19.1. The van der Waals surface area contributed by atoms with Crippen LogP contribution in [0.15, 0.2) is 12.1 Å². The second kappa shape index (κ2) is 3.30. The van der Waals surface area contributed by atoms with Crippen molar-refractivity contribution in [2.24, 2.45) is 7.05 Å². The number of nitrogens with zero attached hydrogens (tertiary/aromatic N) is 1. The van der Waals surface area contributed by atoms with Gasteiger partial charge in [-0.2, -0.15) is 0 Å². The van der Waals surface area contributed by atoms with Gasteiger partial charge < -0.3 is 9.67 Å². The van der Waals surface area contributed by atoms with E-state index in [-0.39, 0.29) is 16.5 Å². The molecule has 0 aliphatic heterocycles. The van der Waals surface area contributed by atoms with E-state index in [2.05, 4.69) is 0 Å². The van der Waals surface area contributed by atoms with Gasteiger partial charge in [0.2, 0.25) is 0 Å². The van der Waals surface area contributed by atoms with Crippen LogP contribution in [0.5, 0.6) is 0 Å². The lowest BCUT2D eigenvalue weighted by molar-refractivity contribution is 0.0697. The van der Waals surface area contributed by atoms with Crippen molar-refractivity contribution < 1.29 is 18.7 Å². The maximum Gasteiger partial charge on any atom is 0.338 e. The Hall–Kier alpha value is -1.91. The molecule has 2 rings (SSSR count). The minimum absolute atomic E-state index is 0.0186. The maximum atomic E-state index is 13.5. The number of fused-ring (bicyclic) bond motifs is 1. The van der Waals surface area contributed by atoms with Crippen molar-refractivity contribution in [2.75, 3.05) is 0 Å². The van der Waals surface area contributed by atoms with E-state index in [0.717, 1.165) is 12.1 Å². The Morgan fingerprint density at radius 2 is 1.88 bits per heavy atom. The predicted octanol–water partition coefficient (Wildman–Crippen LogP) is 2.46. The summed E-state index contributed by atoms with van der Waals surface area (Å²) in [7, 11) is 1.51. The van der Waals surface area contributed by atoms with Crippen LogP contribution in [0.25, 0.3) is 10.9 Å². The second-order valence-corrected chi connectivity index (χ2v) is 3.58. The maximum absolute atomic E-state index is 13.5. The molecule has 0 bridgehead atoms. The van der Waals surface area contributed by atoms with Crippen LogP contribution in [0.4, 0.5) is 8.78 Å². The fourth-order valence-electron chi connectivity index (χ4n) is 1.88. The lowest BCUT2D eigenvalue weighted by Crippen LogP contribution is -2.00. The number of carboxylic acid groups (broad SMARTS) is 1. The van der Waals surface area contributed by atoms with Gasteiger partial charge in [0.1, 0.15) is 11.6 Å². The Bertz CT molecular complexity index is 602. The van der Waals surface area contributed by atoms with E-state index in [9.17, 15) is 13.6 Å². The number of rotatable bonds is 1. The zero-order chi connectivity index (χ0) is 12.0. The minimum atomic E-state index is -1.26. The van der Waals surface area contributed by atoms with Crippen LogP contribution in [-0.2, 0) is 7.05 Å². The van der Waals surface area contributed by atoms with Crippen LogP contribution < -0.4 is 0 Å². The molecule has 2 aromatic rings. The molecule has 0 aliphatic carbocycles. The van der Waals surface area contributed by atoms with Crippen molar-refractivity contribution in [3.05, 3.63) is 35.0 Å². The second-order valence-electron chi connectivity index (χ2n) is 3.58. The summed E-state index contributed by atoms with van der Waals surface area (Å²) in [6, 6.07) is 1.92. The number of hydrogen-bond donors (Lipinski definition) is 1. The highest BCUT2D eigenvalue weighted by Crippen LogP contribution is 2.29. The monoisotopic (exact) mass is 225 g/mol. The van der Waals surface area contributed by atoms with E-state index < -0.39 is 17.6 Å². The molecule has 0 fully saturated rings. The van der Waals surface area contributed by atoms with Crippen LogP contribution in [0.2, 0.25) is 0 Å². The Labute approximate surface area is 89.9 Å². The topological polar surface area (TPSA) is 42.2 Å². The van der Waals surface area contributed by atoms with Crippen LogP contribution >= 0.6 is 0 Å². The standard InChI is InChI=1S/C11H9F2NO2/c1-5-8(11(15)16)9-6(12)3-4-7(13)10(9)14(5)2/h3-4H,1-2H3,(H,15,16). The van der Waals surface area contributed by atoms with Crippen molar-refractivity contribution in [2.45, 2.75) is 6.92 Å². The van der Waals surface area contributed by atoms with Gasteiger partial charge in [-0.3, -0.25) is 0 Å². The number of aromatic carboxylic acids is 1. The first-order valence-electron chi connectivity index (χ1n) is 4.61. The molecule has 5 heteroatoms. The van der Waals surface area contributed by atoms with Crippen LogP contribution in [0.3, 0.4) is 0 Å². The fraction of sp³-hybridized carbons (Fsp3) is 0.182. The van der Waals surface area contributed by atoms with E-state index >= 15 is 0 Å². The van der Waals surface area contributed by atoms with E-state index in [0.29, 0.717) is 5.69 Å². The molecule has 0 saturated heterocycles. The van der Waals surface area contributed by atoms with Gasteiger partial charge in [-0.05, 0) is 19.1 Å². The molecule has 3 nitrogen and oxygen atoms in total. The largest absolute Gasteiger partial charge is 0.478 e. The van der Waals surface area contributed by atoms with Gasteiger partial charge in [0, 0.05) is 12.7 Å². The van der Waals surface area contributed by atoms with Gasteiger partial charge >= 0.3 is 5.97 Å². The first kappa shape index (κ1) is 10.6. The Balaban J connectivity index is 3.08. The zero-order valence-electron chi connectivity index (χ0n) is 8.71. The average Bonchev–Trinajstić information content (AvgIpc) is 2.47. The number of hydrogen-bond acceptors (Lipinski definition) is 1. The summed E-state index contributed by atoms with van der Waals surface area (Å²) in [5, 5.41) is 8.82. The number of benzene rings is 1. The molecule has 1 aromatic heterocycles. The van der Waals surface area contributed by atoms with Crippen molar-refractivity contribution in [3.63, 3.8) is 0 Å². The predicted molar refractivity (Wildman–Crippen MR) is 54.5 cm³/mol. The van der Waals surface area contributed by atoms with Crippen molar-refractivity contribution in [1.82, 2.24) is 4.57 Å². The normalized spacial score (nSPS) is 11.0. The summed E-state index contributed by atoms with van der Waals surface area (Å²) in [5.41, 5.74) is 0.121. The molecule has 0 saturated carbocycles.